The van der Waals surface area contributed by atoms with Crippen molar-refractivity contribution in [3.63, 3.8) is 0 Å². The van der Waals surface area contributed by atoms with Crippen molar-refractivity contribution in [2.24, 2.45) is 0 Å². The van der Waals surface area contributed by atoms with Crippen molar-refractivity contribution in [1.29, 1.82) is 0 Å². The van der Waals surface area contributed by atoms with Crippen molar-refractivity contribution >= 4 is 23.8 Å². The van der Waals surface area contributed by atoms with Crippen LogP contribution in [0.3, 0.4) is 0 Å². The number of hydrogen-bond acceptors (Lipinski definition) is 4. The fourth-order valence-corrected chi connectivity index (χ4v) is 4.76. The molecule has 2 aromatic carbocycles. The van der Waals surface area contributed by atoms with E-state index in [0.29, 0.717) is 22.6 Å². The van der Waals surface area contributed by atoms with Gasteiger partial charge in [0, 0.05) is 17.0 Å². The second-order valence-corrected chi connectivity index (χ2v) is 9.25. The monoisotopic (exact) mass is 395 g/mol. The summed E-state index contributed by atoms with van der Waals surface area (Å²) >= 11 is 0. The number of oxazole rings is 1. The van der Waals surface area contributed by atoms with E-state index < -0.39 is 19.1 Å². The van der Waals surface area contributed by atoms with E-state index in [1.807, 2.05) is 6.92 Å². The SMILES string of the molecule is CCP(=O)(OC1CC1)c1ccc2oc(-c3cccc(C(F)(F)F)c3)nc2c1. The maximum atomic E-state index is 13.1. The van der Waals surface area contributed by atoms with Crippen LogP contribution in [0.1, 0.15) is 25.3 Å². The highest BCUT2D eigenvalue weighted by Gasteiger charge is 2.34. The summed E-state index contributed by atoms with van der Waals surface area (Å²) in [5.74, 6) is 0.0858. The standard InChI is InChI=1S/C19H17F3NO3P/c1-2-27(24,26-14-6-7-14)15-8-9-17-16(11-15)23-18(25-17)12-4-3-5-13(10-12)19(20,21)22/h3-5,8-11,14H,2,6-7H2,1H3. The Kier molecular flexibility index (Phi) is 4.40. The summed E-state index contributed by atoms with van der Waals surface area (Å²) in [5, 5.41) is 0.549. The largest absolute Gasteiger partial charge is 0.436 e. The fourth-order valence-electron chi connectivity index (χ4n) is 2.81. The van der Waals surface area contributed by atoms with Crippen molar-refractivity contribution in [3.8, 4) is 11.5 Å². The van der Waals surface area contributed by atoms with E-state index in [1.54, 1.807) is 18.2 Å². The fraction of sp³-hybridized carbons (Fsp3) is 0.316. The van der Waals surface area contributed by atoms with Crippen LogP contribution in [0.15, 0.2) is 46.9 Å². The van der Waals surface area contributed by atoms with Gasteiger partial charge in [-0.15, -0.1) is 0 Å². The molecule has 1 unspecified atom stereocenters. The topological polar surface area (TPSA) is 52.3 Å². The van der Waals surface area contributed by atoms with Crippen LogP contribution in [0.2, 0.25) is 0 Å². The summed E-state index contributed by atoms with van der Waals surface area (Å²) < 4.78 is 63.2. The Bertz CT molecular complexity index is 1040. The molecule has 0 spiro atoms. The second kappa shape index (κ2) is 6.50. The molecule has 0 aliphatic heterocycles. The van der Waals surface area contributed by atoms with Gasteiger partial charge in [-0.2, -0.15) is 13.2 Å². The Hall–Kier alpha value is -2.11. The van der Waals surface area contributed by atoms with Gasteiger partial charge in [0.15, 0.2) is 5.58 Å². The first-order valence-corrected chi connectivity index (χ1v) is 10.5. The molecule has 1 heterocycles. The van der Waals surface area contributed by atoms with Gasteiger partial charge in [-0.3, -0.25) is 4.57 Å². The zero-order chi connectivity index (χ0) is 19.2. The van der Waals surface area contributed by atoms with Gasteiger partial charge < -0.3 is 8.94 Å². The lowest BCUT2D eigenvalue weighted by Gasteiger charge is -2.16. The van der Waals surface area contributed by atoms with Crippen LogP contribution in [-0.4, -0.2) is 17.2 Å². The summed E-state index contributed by atoms with van der Waals surface area (Å²) in [6.07, 6.45) is -2.20. The van der Waals surface area contributed by atoms with Crippen molar-refractivity contribution in [1.82, 2.24) is 4.98 Å². The predicted molar refractivity (Wildman–Crippen MR) is 96.3 cm³/mol. The zero-order valence-corrected chi connectivity index (χ0v) is 15.4. The van der Waals surface area contributed by atoms with Crippen LogP contribution in [-0.2, 0) is 15.3 Å². The van der Waals surface area contributed by atoms with E-state index in [0.717, 1.165) is 25.0 Å². The van der Waals surface area contributed by atoms with Crippen molar-refractivity contribution in [2.75, 3.05) is 6.16 Å². The first-order chi connectivity index (χ1) is 12.8. The van der Waals surface area contributed by atoms with Gasteiger partial charge in [-0.25, -0.2) is 4.98 Å². The molecule has 0 amide bonds. The minimum Gasteiger partial charge on any atom is -0.436 e. The molecule has 0 radical (unpaired) electrons. The molecular weight excluding hydrogens is 378 g/mol. The van der Waals surface area contributed by atoms with Crippen LogP contribution in [0.4, 0.5) is 13.2 Å². The predicted octanol–water partition coefficient (Wildman–Crippen LogP) is 5.62. The number of hydrogen-bond donors (Lipinski definition) is 0. The maximum absolute atomic E-state index is 13.1. The highest BCUT2D eigenvalue weighted by molar-refractivity contribution is 7.67. The molecule has 1 fully saturated rings. The molecule has 0 N–H and O–H groups in total. The number of nitrogens with zero attached hydrogens (tertiary/aromatic N) is 1. The molecule has 0 bridgehead atoms. The van der Waals surface area contributed by atoms with Gasteiger partial charge in [0.05, 0.1) is 11.7 Å². The van der Waals surface area contributed by atoms with Gasteiger partial charge in [0.2, 0.25) is 13.3 Å². The molecule has 142 valence electrons. The van der Waals surface area contributed by atoms with Crippen LogP contribution in [0.5, 0.6) is 0 Å². The van der Waals surface area contributed by atoms with Gasteiger partial charge in [-0.1, -0.05) is 13.0 Å². The van der Waals surface area contributed by atoms with Crippen LogP contribution in [0.25, 0.3) is 22.6 Å². The second-order valence-electron chi connectivity index (χ2n) is 6.54. The minimum absolute atomic E-state index is 0.0458. The van der Waals surface area contributed by atoms with Crippen LogP contribution >= 0.6 is 7.37 Å². The maximum Gasteiger partial charge on any atom is 0.416 e. The molecule has 3 aromatic rings. The van der Waals surface area contributed by atoms with E-state index in [1.165, 1.54) is 12.1 Å². The summed E-state index contributed by atoms with van der Waals surface area (Å²) in [4.78, 5) is 4.30. The smallest absolute Gasteiger partial charge is 0.416 e. The zero-order valence-electron chi connectivity index (χ0n) is 14.5. The van der Waals surface area contributed by atoms with Gasteiger partial charge in [-0.05, 0) is 49.2 Å². The normalized spacial score (nSPS) is 17.2. The van der Waals surface area contributed by atoms with E-state index in [4.69, 9.17) is 8.94 Å². The average Bonchev–Trinajstić information content (AvgIpc) is 3.34. The summed E-state index contributed by atoms with van der Waals surface area (Å²) in [6.45, 7) is 1.81. The molecule has 4 nitrogen and oxygen atoms in total. The van der Waals surface area contributed by atoms with E-state index in [-0.39, 0.29) is 17.6 Å². The number of halogens is 3. The highest BCUT2D eigenvalue weighted by atomic mass is 31.2. The van der Waals surface area contributed by atoms with Gasteiger partial charge in [0.1, 0.15) is 5.52 Å². The third kappa shape index (κ3) is 3.66. The number of rotatable bonds is 5. The highest BCUT2D eigenvalue weighted by Crippen LogP contribution is 2.51. The number of aromatic nitrogens is 1. The molecular formula is C19H17F3NO3P. The number of fused-ring (bicyclic) bond motifs is 1. The summed E-state index contributed by atoms with van der Waals surface area (Å²) in [5.41, 5.74) is 0.319. The summed E-state index contributed by atoms with van der Waals surface area (Å²) in [6, 6.07) is 9.77. The lowest BCUT2D eigenvalue weighted by atomic mass is 10.1. The van der Waals surface area contributed by atoms with Crippen molar-refractivity contribution in [3.05, 3.63) is 48.0 Å². The molecule has 1 aliphatic rings. The molecule has 1 aliphatic carbocycles. The first kappa shape index (κ1) is 18.3. The lowest BCUT2D eigenvalue weighted by molar-refractivity contribution is -0.137. The van der Waals surface area contributed by atoms with Crippen LogP contribution in [0, 0.1) is 0 Å². The van der Waals surface area contributed by atoms with Crippen molar-refractivity contribution in [2.45, 2.75) is 32.0 Å². The molecule has 1 atom stereocenters. The van der Waals surface area contributed by atoms with Gasteiger partial charge in [0.25, 0.3) is 0 Å². The Morgan fingerprint density at radius 1 is 1.22 bits per heavy atom. The Morgan fingerprint density at radius 3 is 2.67 bits per heavy atom. The Labute approximate surface area is 153 Å². The molecule has 27 heavy (non-hydrogen) atoms. The minimum atomic E-state index is -4.44. The molecule has 0 saturated heterocycles. The third-order valence-electron chi connectivity index (χ3n) is 4.46. The number of alkyl halides is 3. The summed E-state index contributed by atoms with van der Waals surface area (Å²) in [7, 11) is -2.97. The van der Waals surface area contributed by atoms with Gasteiger partial charge >= 0.3 is 6.18 Å². The van der Waals surface area contributed by atoms with E-state index in [2.05, 4.69) is 4.98 Å². The number of benzene rings is 2. The molecule has 1 aromatic heterocycles. The first-order valence-electron chi connectivity index (χ1n) is 8.65. The molecule has 8 heteroatoms. The Balaban J connectivity index is 1.72. The Morgan fingerprint density at radius 2 is 2.00 bits per heavy atom. The van der Waals surface area contributed by atoms with E-state index >= 15 is 0 Å². The molecule has 4 rings (SSSR count). The van der Waals surface area contributed by atoms with E-state index in [9.17, 15) is 17.7 Å². The lowest BCUT2D eigenvalue weighted by Crippen LogP contribution is -2.10. The average molecular weight is 395 g/mol. The quantitative estimate of drug-likeness (QED) is 0.527. The molecule has 1 saturated carbocycles. The van der Waals surface area contributed by atoms with Crippen LogP contribution < -0.4 is 5.30 Å². The van der Waals surface area contributed by atoms with Crippen molar-refractivity contribution < 1.29 is 26.7 Å². The third-order valence-corrected chi connectivity index (χ3v) is 7.00.